The van der Waals surface area contributed by atoms with Gasteiger partial charge in [-0.05, 0) is 43.0 Å². The summed E-state index contributed by atoms with van der Waals surface area (Å²) < 4.78 is 5.95. The van der Waals surface area contributed by atoms with E-state index in [-0.39, 0.29) is 26.9 Å². The summed E-state index contributed by atoms with van der Waals surface area (Å²) in [6.07, 6.45) is 5.40. The van der Waals surface area contributed by atoms with E-state index in [9.17, 15) is 10.1 Å². The number of non-ortho nitro benzene ring substituents is 1. The van der Waals surface area contributed by atoms with E-state index >= 15 is 0 Å². The number of nitro groups is 1. The first-order valence-electron chi connectivity index (χ1n) is 7.91. The molecule has 0 saturated heterocycles. The SMILES string of the molecule is Cc1cc2c(cc1Oc1c(Cl)cc([N+](=O)[O-])cc1Cl)C1(C=N2)CCC1. The van der Waals surface area contributed by atoms with Crippen molar-refractivity contribution in [1.29, 1.82) is 0 Å². The Bertz CT molecular complexity index is 913. The van der Waals surface area contributed by atoms with Crippen molar-refractivity contribution in [3.05, 3.63) is 55.6 Å². The van der Waals surface area contributed by atoms with Gasteiger partial charge in [-0.1, -0.05) is 29.6 Å². The Labute approximate surface area is 154 Å². The number of hydrogen-bond donors (Lipinski definition) is 0. The fourth-order valence-corrected chi connectivity index (χ4v) is 3.92. The van der Waals surface area contributed by atoms with Gasteiger partial charge in [-0.3, -0.25) is 15.1 Å². The number of fused-ring (bicyclic) bond motifs is 2. The number of nitro benzene ring substituents is 1. The Morgan fingerprint density at radius 3 is 2.44 bits per heavy atom. The van der Waals surface area contributed by atoms with Crippen molar-refractivity contribution in [3.8, 4) is 11.5 Å². The minimum absolute atomic E-state index is 0.0320. The maximum atomic E-state index is 10.9. The standard InChI is InChI=1S/C18H14Cl2N2O3/c1-10-5-15-12(18(9-21-15)3-2-4-18)8-16(10)25-17-13(19)6-11(22(23)24)7-14(17)20/h5-9H,2-4H2,1H3. The van der Waals surface area contributed by atoms with Crippen LogP contribution in [0.4, 0.5) is 11.4 Å². The Kier molecular flexibility index (Phi) is 3.74. The lowest BCUT2D eigenvalue weighted by Gasteiger charge is -2.36. The lowest BCUT2D eigenvalue weighted by molar-refractivity contribution is -0.384. The number of hydrogen-bond acceptors (Lipinski definition) is 4. The lowest BCUT2D eigenvalue weighted by atomic mass is 9.66. The average Bonchev–Trinajstić information content (AvgIpc) is 2.89. The van der Waals surface area contributed by atoms with Crippen LogP contribution in [-0.4, -0.2) is 11.1 Å². The van der Waals surface area contributed by atoms with Gasteiger partial charge in [0.25, 0.3) is 5.69 Å². The molecule has 0 bridgehead atoms. The third-order valence-corrected chi connectivity index (χ3v) is 5.49. The predicted octanol–water partition coefficient (Wildman–Crippen LogP) is 6.14. The third-order valence-electron chi connectivity index (χ3n) is 4.93. The summed E-state index contributed by atoms with van der Waals surface area (Å²) in [5.41, 5.74) is 2.90. The molecule has 1 spiro atoms. The summed E-state index contributed by atoms with van der Waals surface area (Å²) in [5, 5.41) is 11.1. The van der Waals surface area contributed by atoms with Crippen molar-refractivity contribution in [3.63, 3.8) is 0 Å². The maximum Gasteiger partial charge on any atom is 0.272 e. The highest BCUT2D eigenvalue weighted by Gasteiger charge is 2.42. The summed E-state index contributed by atoms with van der Waals surface area (Å²) in [6, 6.07) is 6.45. The van der Waals surface area contributed by atoms with Crippen molar-refractivity contribution in [2.75, 3.05) is 0 Å². The molecular weight excluding hydrogens is 363 g/mol. The van der Waals surface area contributed by atoms with E-state index < -0.39 is 4.92 Å². The third kappa shape index (κ3) is 2.58. The number of ether oxygens (including phenoxy) is 1. The van der Waals surface area contributed by atoms with Gasteiger partial charge in [0, 0.05) is 23.8 Å². The van der Waals surface area contributed by atoms with Crippen molar-refractivity contribution in [2.45, 2.75) is 31.6 Å². The molecule has 0 amide bonds. The van der Waals surface area contributed by atoms with E-state index in [1.807, 2.05) is 25.3 Å². The molecule has 25 heavy (non-hydrogen) atoms. The summed E-state index contributed by atoms with van der Waals surface area (Å²) in [6.45, 7) is 1.92. The van der Waals surface area contributed by atoms with Crippen molar-refractivity contribution in [2.24, 2.45) is 4.99 Å². The quantitative estimate of drug-likeness (QED) is 0.477. The van der Waals surface area contributed by atoms with Gasteiger partial charge in [0.05, 0.1) is 20.7 Å². The molecule has 2 aliphatic rings. The molecule has 1 aliphatic heterocycles. The van der Waals surface area contributed by atoms with Gasteiger partial charge in [-0.25, -0.2) is 0 Å². The molecule has 7 heteroatoms. The van der Waals surface area contributed by atoms with Gasteiger partial charge in [0.15, 0.2) is 5.75 Å². The van der Waals surface area contributed by atoms with Crippen LogP contribution in [0.25, 0.3) is 0 Å². The van der Waals surface area contributed by atoms with E-state index in [0.717, 1.165) is 29.7 Å². The molecule has 2 aromatic rings. The number of nitrogens with zero attached hydrogens (tertiary/aromatic N) is 2. The van der Waals surface area contributed by atoms with Crippen LogP contribution in [-0.2, 0) is 5.41 Å². The smallest absolute Gasteiger partial charge is 0.272 e. The fraction of sp³-hybridized carbons (Fsp3) is 0.278. The number of aliphatic imine (C=N–C) groups is 1. The highest BCUT2D eigenvalue weighted by molar-refractivity contribution is 6.37. The Morgan fingerprint density at radius 2 is 1.88 bits per heavy atom. The fourth-order valence-electron chi connectivity index (χ4n) is 3.37. The van der Waals surface area contributed by atoms with Crippen molar-refractivity contribution in [1.82, 2.24) is 0 Å². The largest absolute Gasteiger partial charge is 0.454 e. The molecule has 1 heterocycles. The van der Waals surface area contributed by atoms with Crippen LogP contribution >= 0.6 is 23.2 Å². The first-order valence-corrected chi connectivity index (χ1v) is 8.67. The second kappa shape index (κ2) is 5.71. The zero-order valence-electron chi connectivity index (χ0n) is 13.4. The summed E-state index contributed by atoms with van der Waals surface area (Å²) in [7, 11) is 0. The van der Waals surface area contributed by atoms with Gasteiger partial charge in [0.2, 0.25) is 0 Å². The van der Waals surface area contributed by atoms with Gasteiger partial charge < -0.3 is 4.74 Å². The molecule has 128 valence electrons. The van der Waals surface area contributed by atoms with E-state index in [0.29, 0.717) is 5.75 Å². The van der Waals surface area contributed by atoms with E-state index in [4.69, 9.17) is 27.9 Å². The second-order valence-corrected chi connectivity index (χ2v) is 7.31. The van der Waals surface area contributed by atoms with Gasteiger partial charge in [-0.15, -0.1) is 0 Å². The van der Waals surface area contributed by atoms with Gasteiger partial charge in [0.1, 0.15) is 5.75 Å². The first kappa shape index (κ1) is 16.4. The minimum Gasteiger partial charge on any atom is -0.454 e. The summed E-state index contributed by atoms with van der Waals surface area (Å²) >= 11 is 12.3. The number of rotatable bonds is 3. The van der Waals surface area contributed by atoms with Crippen molar-refractivity contribution < 1.29 is 9.66 Å². The summed E-state index contributed by atoms with van der Waals surface area (Å²) in [5.74, 6) is 0.853. The van der Waals surface area contributed by atoms with Crippen LogP contribution in [0.3, 0.4) is 0 Å². The lowest BCUT2D eigenvalue weighted by Crippen LogP contribution is -2.33. The molecular formula is C18H14Cl2N2O3. The van der Waals surface area contributed by atoms with Crippen LogP contribution in [0.2, 0.25) is 10.0 Å². The zero-order chi connectivity index (χ0) is 17.8. The van der Waals surface area contributed by atoms with E-state index in [1.54, 1.807) is 0 Å². The Balaban J connectivity index is 1.73. The first-order chi connectivity index (χ1) is 11.9. The van der Waals surface area contributed by atoms with Crippen molar-refractivity contribution >= 4 is 40.8 Å². The molecule has 2 aromatic carbocycles. The number of benzene rings is 2. The van der Waals surface area contributed by atoms with Crippen LogP contribution < -0.4 is 4.74 Å². The van der Waals surface area contributed by atoms with E-state index in [1.165, 1.54) is 18.6 Å². The minimum atomic E-state index is -0.542. The van der Waals surface area contributed by atoms with E-state index in [2.05, 4.69) is 4.99 Å². The molecule has 1 fully saturated rings. The topological polar surface area (TPSA) is 64.7 Å². The highest BCUT2D eigenvalue weighted by Crippen LogP contribution is 2.52. The second-order valence-electron chi connectivity index (χ2n) is 6.50. The highest BCUT2D eigenvalue weighted by atomic mass is 35.5. The average molecular weight is 377 g/mol. The number of halogens is 2. The Hall–Kier alpha value is -2.11. The van der Waals surface area contributed by atoms with Crippen LogP contribution in [0.5, 0.6) is 11.5 Å². The van der Waals surface area contributed by atoms with Crippen LogP contribution in [0.15, 0.2) is 29.3 Å². The van der Waals surface area contributed by atoms with Crippen LogP contribution in [0.1, 0.15) is 30.4 Å². The normalized spacial score (nSPS) is 16.6. The molecule has 1 saturated carbocycles. The zero-order valence-corrected chi connectivity index (χ0v) is 14.9. The molecule has 0 aromatic heterocycles. The molecule has 0 radical (unpaired) electrons. The molecule has 4 rings (SSSR count). The monoisotopic (exact) mass is 376 g/mol. The number of aryl methyl sites for hydroxylation is 1. The van der Waals surface area contributed by atoms with Gasteiger partial charge in [-0.2, -0.15) is 0 Å². The molecule has 0 unspecified atom stereocenters. The molecule has 0 atom stereocenters. The molecule has 5 nitrogen and oxygen atoms in total. The molecule has 0 N–H and O–H groups in total. The Morgan fingerprint density at radius 1 is 1.20 bits per heavy atom. The predicted molar refractivity (Wildman–Crippen MR) is 98.1 cm³/mol. The van der Waals surface area contributed by atoms with Crippen LogP contribution in [0, 0.1) is 17.0 Å². The maximum absolute atomic E-state index is 10.9. The summed E-state index contributed by atoms with van der Waals surface area (Å²) in [4.78, 5) is 14.9. The molecule has 1 aliphatic carbocycles. The van der Waals surface area contributed by atoms with Gasteiger partial charge >= 0.3 is 0 Å².